The van der Waals surface area contributed by atoms with Gasteiger partial charge in [-0.25, -0.2) is 14.6 Å². The molecule has 0 aliphatic heterocycles. The Morgan fingerprint density at radius 2 is 1.78 bits per heavy atom. The minimum atomic E-state index is -0.780. The molecule has 0 N–H and O–H groups in total. The lowest BCUT2D eigenvalue weighted by molar-refractivity contribution is -0.384. The van der Waals surface area contributed by atoms with Crippen molar-refractivity contribution in [1.82, 2.24) is 0 Å². The number of benzene rings is 2. The van der Waals surface area contributed by atoms with Crippen molar-refractivity contribution in [3.05, 3.63) is 69.8 Å². The first-order valence-electron chi connectivity index (χ1n) is 8.15. The van der Waals surface area contributed by atoms with Crippen molar-refractivity contribution in [2.45, 2.75) is 20.5 Å². The zero-order valence-corrected chi connectivity index (χ0v) is 14.9. The maximum absolute atomic E-state index is 12.5. The molecule has 0 aliphatic rings. The highest BCUT2D eigenvalue weighted by Gasteiger charge is 2.23. The number of hydrogen-bond donors (Lipinski definition) is 0. The third kappa shape index (κ3) is 5.21. The molecule has 0 atom stereocenters. The second kappa shape index (κ2) is 9.23. The molecule has 0 aromatic heterocycles. The zero-order chi connectivity index (χ0) is 19.8. The van der Waals surface area contributed by atoms with Gasteiger partial charge in [0.1, 0.15) is 12.3 Å². The maximum Gasteiger partial charge on any atom is 0.352 e. The third-order valence-electron chi connectivity index (χ3n) is 3.49. The fourth-order valence-electron chi connectivity index (χ4n) is 2.21. The molecular formula is C19H18N2O6. The van der Waals surface area contributed by atoms with E-state index in [1.54, 1.807) is 31.2 Å². The first-order valence-corrected chi connectivity index (χ1v) is 8.15. The quantitative estimate of drug-likeness (QED) is 0.319. The van der Waals surface area contributed by atoms with Crippen LogP contribution < -0.4 is 0 Å². The number of esters is 2. The summed E-state index contributed by atoms with van der Waals surface area (Å²) in [6.45, 7) is 3.12. The Morgan fingerprint density at radius 3 is 2.41 bits per heavy atom. The van der Waals surface area contributed by atoms with Crippen molar-refractivity contribution in [2.24, 2.45) is 4.99 Å². The number of rotatable bonds is 7. The largest absolute Gasteiger partial charge is 0.462 e. The van der Waals surface area contributed by atoms with Crippen molar-refractivity contribution in [3.63, 3.8) is 0 Å². The molecule has 140 valence electrons. The van der Waals surface area contributed by atoms with E-state index in [1.807, 2.05) is 6.07 Å². The van der Waals surface area contributed by atoms with Crippen LogP contribution in [0.15, 0.2) is 53.5 Å². The Morgan fingerprint density at radius 1 is 1.07 bits per heavy atom. The number of para-hydroxylation sites is 1. The van der Waals surface area contributed by atoms with Gasteiger partial charge in [-0.1, -0.05) is 36.4 Å². The highest BCUT2D eigenvalue weighted by atomic mass is 16.6. The van der Waals surface area contributed by atoms with Gasteiger partial charge in [0.25, 0.3) is 5.69 Å². The van der Waals surface area contributed by atoms with E-state index in [1.165, 1.54) is 25.1 Å². The molecule has 0 aliphatic carbocycles. The number of hydrogen-bond acceptors (Lipinski definition) is 7. The van der Waals surface area contributed by atoms with E-state index in [4.69, 9.17) is 9.47 Å². The van der Waals surface area contributed by atoms with E-state index >= 15 is 0 Å². The average molecular weight is 370 g/mol. The first-order chi connectivity index (χ1) is 12.9. The summed E-state index contributed by atoms with van der Waals surface area (Å²) in [7, 11) is 0. The monoisotopic (exact) mass is 370 g/mol. The Kier molecular flexibility index (Phi) is 6.76. The van der Waals surface area contributed by atoms with Crippen LogP contribution in [0.3, 0.4) is 0 Å². The molecule has 0 spiro atoms. The van der Waals surface area contributed by atoms with Crippen molar-refractivity contribution >= 4 is 29.0 Å². The summed E-state index contributed by atoms with van der Waals surface area (Å²) < 4.78 is 10.1. The number of nitro groups is 1. The van der Waals surface area contributed by atoms with Gasteiger partial charge in [-0.2, -0.15) is 0 Å². The highest BCUT2D eigenvalue weighted by Crippen LogP contribution is 2.32. The molecule has 0 fully saturated rings. The Bertz CT molecular complexity index is 877. The Hall–Kier alpha value is -3.55. The van der Waals surface area contributed by atoms with Gasteiger partial charge in [0, 0.05) is 6.07 Å². The lowest BCUT2D eigenvalue weighted by atomic mass is 10.1. The fraction of sp³-hybridized carbons (Fsp3) is 0.211. The minimum absolute atomic E-state index is 0.00236. The van der Waals surface area contributed by atoms with Gasteiger partial charge in [0.05, 0.1) is 17.1 Å². The van der Waals surface area contributed by atoms with Crippen molar-refractivity contribution < 1.29 is 24.0 Å². The molecule has 2 aromatic rings. The van der Waals surface area contributed by atoms with Gasteiger partial charge in [-0.05, 0) is 25.5 Å². The lowest BCUT2D eigenvalue weighted by Gasteiger charge is -2.08. The predicted octanol–water partition coefficient (Wildman–Crippen LogP) is 3.61. The first kappa shape index (κ1) is 19.8. The van der Waals surface area contributed by atoms with E-state index in [2.05, 4.69) is 4.99 Å². The summed E-state index contributed by atoms with van der Waals surface area (Å²) in [5.74, 6) is -1.50. The Labute approximate surface area is 155 Å². The van der Waals surface area contributed by atoms with Crippen LogP contribution in [0, 0.1) is 10.1 Å². The van der Waals surface area contributed by atoms with Crippen LogP contribution in [0.4, 0.5) is 11.4 Å². The summed E-state index contributed by atoms with van der Waals surface area (Å²) in [5.41, 5.74) is -0.102. The summed E-state index contributed by atoms with van der Waals surface area (Å²) in [6, 6.07) is 12.9. The van der Waals surface area contributed by atoms with Crippen LogP contribution in [-0.2, 0) is 20.9 Å². The lowest BCUT2D eigenvalue weighted by Crippen LogP contribution is -2.14. The number of nitrogens with zero attached hydrogens (tertiary/aromatic N) is 2. The van der Waals surface area contributed by atoms with E-state index in [0.717, 1.165) is 5.56 Å². The van der Waals surface area contributed by atoms with Gasteiger partial charge in [-0.15, -0.1) is 0 Å². The van der Waals surface area contributed by atoms with Crippen LogP contribution >= 0.6 is 0 Å². The molecule has 2 aromatic carbocycles. The summed E-state index contributed by atoms with van der Waals surface area (Å²) in [5, 5.41) is 11.3. The molecule has 0 amide bonds. The molecule has 2 rings (SSSR count). The van der Waals surface area contributed by atoms with Crippen LogP contribution in [0.1, 0.15) is 29.8 Å². The predicted molar refractivity (Wildman–Crippen MR) is 98.1 cm³/mol. The van der Waals surface area contributed by atoms with Crippen molar-refractivity contribution in [2.75, 3.05) is 6.61 Å². The van der Waals surface area contributed by atoms with Crippen LogP contribution in [0.2, 0.25) is 0 Å². The molecule has 0 saturated heterocycles. The van der Waals surface area contributed by atoms with Gasteiger partial charge in [-0.3, -0.25) is 10.1 Å². The summed E-state index contributed by atoms with van der Waals surface area (Å²) in [6.07, 6.45) is 0. The topological polar surface area (TPSA) is 108 Å². The molecular weight excluding hydrogens is 352 g/mol. The maximum atomic E-state index is 12.5. The average Bonchev–Trinajstić information content (AvgIpc) is 2.67. The Balaban J connectivity index is 2.36. The SMILES string of the molecule is CCOC(=O)C(C)=Nc1c(C(=O)OCc2ccccc2)cccc1[N+](=O)[O-]. The smallest absolute Gasteiger partial charge is 0.352 e. The second-order valence-corrected chi connectivity index (χ2v) is 5.41. The summed E-state index contributed by atoms with van der Waals surface area (Å²) in [4.78, 5) is 38.9. The third-order valence-corrected chi connectivity index (χ3v) is 3.49. The van der Waals surface area contributed by atoms with E-state index < -0.39 is 22.5 Å². The molecule has 8 nitrogen and oxygen atoms in total. The van der Waals surface area contributed by atoms with Gasteiger partial charge in [0.2, 0.25) is 0 Å². The molecule has 0 bridgehead atoms. The zero-order valence-electron chi connectivity index (χ0n) is 14.9. The number of nitro benzene ring substituents is 1. The number of aliphatic imine (C=N–C) groups is 1. The van der Waals surface area contributed by atoms with Crippen molar-refractivity contribution in [3.8, 4) is 0 Å². The number of ether oxygens (including phenoxy) is 2. The second-order valence-electron chi connectivity index (χ2n) is 5.41. The molecule has 0 unspecified atom stereocenters. The summed E-state index contributed by atoms with van der Waals surface area (Å²) >= 11 is 0. The van der Waals surface area contributed by atoms with Gasteiger partial charge >= 0.3 is 11.9 Å². The van der Waals surface area contributed by atoms with Crippen LogP contribution in [-0.4, -0.2) is 29.2 Å². The molecule has 0 saturated carbocycles. The minimum Gasteiger partial charge on any atom is -0.462 e. The van der Waals surface area contributed by atoms with Gasteiger partial charge in [0.15, 0.2) is 5.69 Å². The van der Waals surface area contributed by atoms with Crippen molar-refractivity contribution in [1.29, 1.82) is 0 Å². The van der Waals surface area contributed by atoms with Gasteiger partial charge < -0.3 is 9.47 Å². The number of carbonyl (C=O) groups is 2. The molecule has 8 heteroatoms. The van der Waals surface area contributed by atoms with E-state index in [-0.39, 0.29) is 30.2 Å². The standard InChI is InChI=1S/C19H18N2O6/c1-3-26-18(22)13(2)20-17-15(10-7-11-16(17)21(24)25)19(23)27-12-14-8-5-4-6-9-14/h4-11H,3,12H2,1-2H3. The molecule has 27 heavy (non-hydrogen) atoms. The normalized spacial score (nSPS) is 11.0. The van der Waals surface area contributed by atoms with Crippen LogP contribution in [0.5, 0.6) is 0 Å². The fourth-order valence-corrected chi connectivity index (χ4v) is 2.21. The van der Waals surface area contributed by atoms with E-state index in [0.29, 0.717) is 0 Å². The highest BCUT2D eigenvalue weighted by molar-refractivity contribution is 6.36. The number of carbonyl (C=O) groups excluding carboxylic acids is 2. The van der Waals surface area contributed by atoms with Crippen LogP contribution in [0.25, 0.3) is 0 Å². The van der Waals surface area contributed by atoms with E-state index in [9.17, 15) is 19.7 Å². The molecule has 0 radical (unpaired) electrons. The molecule has 0 heterocycles.